The molecule has 0 aromatic heterocycles. The van der Waals surface area contributed by atoms with Gasteiger partial charge in [-0.1, -0.05) is 0 Å². The minimum absolute atomic E-state index is 0.0135. The molecule has 1 amide bonds. The minimum atomic E-state index is -0.648. The van der Waals surface area contributed by atoms with Gasteiger partial charge in [-0.15, -0.1) is 0 Å². The highest BCUT2D eigenvalue weighted by atomic mass is 16.2. The smallest absolute Gasteiger partial charge is 0.237 e. The second-order valence-corrected chi connectivity index (χ2v) is 3.18. The second kappa shape index (κ2) is 3.67. The van der Waals surface area contributed by atoms with Gasteiger partial charge in [-0.2, -0.15) is 0 Å². The third-order valence-electron chi connectivity index (χ3n) is 2.25. The van der Waals surface area contributed by atoms with Crippen molar-refractivity contribution >= 4 is 11.7 Å². The molecule has 1 heterocycles. The van der Waals surface area contributed by atoms with E-state index in [4.69, 9.17) is 5.73 Å². The Balaban J connectivity index is 2.70. The highest BCUT2D eigenvalue weighted by Gasteiger charge is 2.29. The molecule has 12 heavy (non-hydrogen) atoms. The maximum atomic E-state index is 11.1. The summed E-state index contributed by atoms with van der Waals surface area (Å²) in [5.41, 5.74) is 5.59. The average molecular weight is 170 g/mol. The molecular formula is C8H14N2O2. The molecule has 0 bridgehead atoms. The monoisotopic (exact) mass is 170 g/mol. The summed E-state index contributed by atoms with van der Waals surface area (Å²) in [6, 6.07) is -0.648. The van der Waals surface area contributed by atoms with Crippen molar-refractivity contribution in [3.8, 4) is 0 Å². The van der Waals surface area contributed by atoms with Gasteiger partial charge in [0.2, 0.25) is 5.91 Å². The van der Waals surface area contributed by atoms with E-state index < -0.39 is 6.04 Å². The summed E-state index contributed by atoms with van der Waals surface area (Å²) in [5, 5.41) is 2.66. The van der Waals surface area contributed by atoms with Crippen molar-refractivity contribution in [1.29, 1.82) is 0 Å². The molecule has 2 atom stereocenters. The number of Topliss-reactive ketones (excluding diaryl/α,β-unsaturated/α-hetero) is 1. The van der Waals surface area contributed by atoms with Gasteiger partial charge >= 0.3 is 0 Å². The summed E-state index contributed by atoms with van der Waals surface area (Å²) >= 11 is 0. The van der Waals surface area contributed by atoms with E-state index in [-0.39, 0.29) is 17.6 Å². The highest BCUT2D eigenvalue weighted by Crippen LogP contribution is 2.14. The van der Waals surface area contributed by atoms with Gasteiger partial charge < -0.3 is 11.1 Å². The fraction of sp³-hybridized carbons (Fsp3) is 0.750. The number of carbonyl (C=O) groups is 2. The Morgan fingerprint density at radius 2 is 2.33 bits per heavy atom. The lowest BCUT2D eigenvalue weighted by atomic mass is 9.92. The first-order chi connectivity index (χ1) is 5.63. The molecule has 0 saturated carbocycles. The van der Waals surface area contributed by atoms with E-state index in [1.54, 1.807) is 0 Å². The molecule has 0 aromatic rings. The van der Waals surface area contributed by atoms with Crippen molar-refractivity contribution in [1.82, 2.24) is 5.32 Å². The first-order valence-corrected chi connectivity index (χ1v) is 4.16. The van der Waals surface area contributed by atoms with Crippen LogP contribution >= 0.6 is 0 Å². The number of hydrogen-bond donors (Lipinski definition) is 2. The van der Waals surface area contributed by atoms with Crippen LogP contribution in [0.1, 0.15) is 19.8 Å². The number of nitrogens with two attached hydrogens (primary N) is 1. The standard InChI is InChI=1S/C8H14N2O2/c1-5(11)6-3-2-4-10-8(12)7(6)9/h6-7H,2-4,9H2,1H3,(H,10,12). The summed E-state index contributed by atoms with van der Waals surface area (Å²) in [6.07, 6.45) is 1.55. The summed E-state index contributed by atoms with van der Waals surface area (Å²) < 4.78 is 0. The molecule has 0 aromatic carbocycles. The molecule has 1 aliphatic rings. The molecule has 2 unspecified atom stereocenters. The quantitative estimate of drug-likeness (QED) is 0.553. The van der Waals surface area contributed by atoms with E-state index >= 15 is 0 Å². The van der Waals surface area contributed by atoms with Gasteiger partial charge in [0.1, 0.15) is 5.78 Å². The fourth-order valence-corrected chi connectivity index (χ4v) is 1.47. The Labute approximate surface area is 71.5 Å². The van der Waals surface area contributed by atoms with Crippen molar-refractivity contribution in [2.75, 3.05) is 6.54 Å². The number of carbonyl (C=O) groups excluding carboxylic acids is 2. The zero-order valence-corrected chi connectivity index (χ0v) is 7.17. The Hall–Kier alpha value is -0.900. The van der Waals surface area contributed by atoms with Crippen LogP contribution < -0.4 is 11.1 Å². The van der Waals surface area contributed by atoms with Crippen molar-refractivity contribution in [3.05, 3.63) is 0 Å². The average Bonchev–Trinajstić information content (AvgIpc) is 2.15. The molecule has 4 heteroatoms. The van der Waals surface area contributed by atoms with Gasteiger partial charge in [-0.05, 0) is 19.8 Å². The normalized spacial score (nSPS) is 30.7. The second-order valence-electron chi connectivity index (χ2n) is 3.18. The van der Waals surface area contributed by atoms with E-state index in [1.807, 2.05) is 0 Å². The van der Waals surface area contributed by atoms with Gasteiger partial charge in [0, 0.05) is 12.5 Å². The van der Waals surface area contributed by atoms with Gasteiger partial charge in [0.05, 0.1) is 6.04 Å². The van der Waals surface area contributed by atoms with Gasteiger partial charge in [-0.25, -0.2) is 0 Å². The summed E-state index contributed by atoms with van der Waals surface area (Å²) in [7, 11) is 0. The van der Waals surface area contributed by atoms with Crippen LogP contribution in [-0.2, 0) is 9.59 Å². The Morgan fingerprint density at radius 3 is 2.92 bits per heavy atom. The van der Waals surface area contributed by atoms with E-state index in [0.717, 1.165) is 12.8 Å². The lowest BCUT2D eigenvalue weighted by Gasteiger charge is -2.15. The lowest BCUT2D eigenvalue weighted by Crippen LogP contribution is -2.45. The highest BCUT2D eigenvalue weighted by molar-refractivity contribution is 5.90. The largest absolute Gasteiger partial charge is 0.355 e. The van der Waals surface area contributed by atoms with E-state index in [2.05, 4.69) is 5.32 Å². The van der Waals surface area contributed by atoms with Crippen molar-refractivity contribution in [2.24, 2.45) is 11.7 Å². The van der Waals surface area contributed by atoms with Crippen LogP contribution in [0.2, 0.25) is 0 Å². The zero-order chi connectivity index (χ0) is 9.14. The van der Waals surface area contributed by atoms with Crippen LogP contribution in [0.25, 0.3) is 0 Å². The molecule has 3 N–H and O–H groups in total. The number of hydrogen-bond acceptors (Lipinski definition) is 3. The third-order valence-corrected chi connectivity index (χ3v) is 2.25. The molecule has 1 rings (SSSR count). The predicted octanol–water partition coefficient (Wildman–Crippen LogP) is -0.571. The summed E-state index contributed by atoms with van der Waals surface area (Å²) in [6.45, 7) is 2.12. The molecule has 0 aliphatic carbocycles. The van der Waals surface area contributed by atoms with E-state index in [0.29, 0.717) is 6.54 Å². The number of amides is 1. The SMILES string of the molecule is CC(=O)C1CCCNC(=O)C1N. The van der Waals surface area contributed by atoms with Crippen LogP contribution in [-0.4, -0.2) is 24.3 Å². The van der Waals surface area contributed by atoms with Gasteiger partial charge in [-0.3, -0.25) is 9.59 Å². The predicted molar refractivity (Wildman–Crippen MR) is 44.4 cm³/mol. The fourth-order valence-electron chi connectivity index (χ4n) is 1.47. The maximum Gasteiger partial charge on any atom is 0.237 e. The third kappa shape index (κ3) is 1.82. The van der Waals surface area contributed by atoms with Crippen LogP contribution in [0, 0.1) is 5.92 Å². The Kier molecular flexibility index (Phi) is 2.81. The summed E-state index contributed by atoms with van der Waals surface area (Å²) in [4.78, 5) is 22.2. The summed E-state index contributed by atoms with van der Waals surface area (Å²) in [5.74, 6) is -0.472. The number of nitrogens with one attached hydrogen (secondary N) is 1. The molecule has 1 saturated heterocycles. The topological polar surface area (TPSA) is 72.2 Å². The number of ketones is 1. The molecule has 0 spiro atoms. The van der Waals surface area contributed by atoms with Gasteiger partial charge in [0.15, 0.2) is 0 Å². The molecule has 4 nitrogen and oxygen atoms in total. The van der Waals surface area contributed by atoms with Crippen LogP contribution in [0.15, 0.2) is 0 Å². The van der Waals surface area contributed by atoms with Crippen molar-refractivity contribution in [3.63, 3.8) is 0 Å². The van der Waals surface area contributed by atoms with Crippen molar-refractivity contribution in [2.45, 2.75) is 25.8 Å². The van der Waals surface area contributed by atoms with Crippen LogP contribution in [0.4, 0.5) is 0 Å². The van der Waals surface area contributed by atoms with Crippen molar-refractivity contribution < 1.29 is 9.59 Å². The van der Waals surface area contributed by atoms with E-state index in [1.165, 1.54) is 6.92 Å². The molecule has 68 valence electrons. The zero-order valence-electron chi connectivity index (χ0n) is 7.17. The lowest BCUT2D eigenvalue weighted by molar-refractivity contribution is -0.128. The molecule has 1 aliphatic heterocycles. The van der Waals surface area contributed by atoms with Crippen LogP contribution in [0.5, 0.6) is 0 Å². The molecule has 1 fully saturated rings. The van der Waals surface area contributed by atoms with E-state index in [9.17, 15) is 9.59 Å². The Morgan fingerprint density at radius 1 is 1.67 bits per heavy atom. The van der Waals surface area contributed by atoms with Gasteiger partial charge in [0.25, 0.3) is 0 Å². The maximum absolute atomic E-state index is 11.1. The number of rotatable bonds is 1. The molecular weight excluding hydrogens is 156 g/mol. The minimum Gasteiger partial charge on any atom is -0.355 e. The van der Waals surface area contributed by atoms with Crippen LogP contribution in [0.3, 0.4) is 0 Å². The Bertz CT molecular complexity index is 203. The first kappa shape index (κ1) is 9.19. The molecule has 0 radical (unpaired) electrons. The first-order valence-electron chi connectivity index (χ1n) is 4.16.